The first kappa shape index (κ1) is 18.2. The lowest BCUT2D eigenvalue weighted by atomic mass is 10.1. The van der Waals surface area contributed by atoms with E-state index in [1.54, 1.807) is 18.6 Å². The Morgan fingerprint density at radius 2 is 1.75 bits per heavy atom. The Kier molecular flexibility index (Phi) is 5.06. The maximum absolute atomic E-state index is 12.9. The number of benzene rings is 1. The number of pyridine rings is 2. The van der Waals surface area contributed by atoms with Crippen molar-refractivity contribution in [3.05, 3.63) is 77.7 Å². The highest BCUT2D eigenvalue weighted by atomic mass is 16.2. The predicted octanol–water partition coefficient (Wildman–Crippen LogP) is 3.72. The number of piperazine rings is 1. The molecule has 0 N–H and O–H groups in total. The van der Waals surface area contributed by atoms with E-state index in [0.717, 1.165) is 37.4 Å². The molecule has 1 aliphatic rings. The summed E-state index contributed by atoms with van der Waals surface area (Å²) in [6, 6.07) is 14.0. The van der Waals surface area contributed by atoms with Crippen molar-refractivity contribution >= 4 is 11.6 Å². The van der Waals surface area contributed by atoms with Crippen molar-refractivity contribution in [3.8, 4) is 11.3 Å². The first-order valence-corrected chi connectivity index (χ1v) is 9.60. The van der Waals surface area contributed by atoms with Crippen LogP contribution in [0.25, 0.3) is 11.3 Å². The first-order chi connectivity index (χ1) is 13.6. The normalized spacial score (nSPS) is 14.2. The lowest BCUT2D eigenvalue weighted by molar-refractivity contribution is 0.0746. The van der Waals surface area contributed by atoms with Crippen LogP contribution < -0.4 is 4.90 Å². The number of nitrogens with zero attached hydrogens (tertiary/aromatic N) is 4. The van der Waals surface area contributed by atoms with Gasteiger partial charge in [-0.3, -0.25) is 14.8 Å². The molecule has 1 saturated heterocycles. The highest BCUT2D eigenvalue weighted by Crippen LogP contribution is 2.24. The zero-order valence-corrected chi connectivity index (χ0v) is 16.3. The average Bonchev–Trinajstić information content (AvgIpc) is 2.76. The summed E-state index contributed by atoms with van der Waals surface area (Å²) in [7, 11) is 0. The van der Waals surface area contributed by atoms with Crippen LogP contribution in [0.2, 0.25) is 0 Å². The minimum Gasteiger partial charge on any atom is -0.368 e. The third kappa shape index (κ3) is 3.60. The topological polar surface area (TPSA) is 49.3 Å². The van der Waals surface area contributed by atoms with Gasteiger partial charge in [0.05, 0.1) is 11.3 Å². The van der Waals surface area contributed by atoms with Gasteiger partial charge in [-0.25, -0.2) is 0 Å². The molecule has 0 radical (unpaired) electrons. The minimum atomic E-state index is 0.0471. The predicted molar refractivity (Wildman–Crippen MR) is 112 cm³/mol. The van der Waals surface area contributed by atoms with Gasteiger partial charge < -0.3 is 9.80 Å². The highest BCUT2D eigenvalue weighted by Gasteiger charge is 2.23. The van der Waals surface area contributed by atoms with E-state index in [-0.39, 0.29) is 5.91 Å². The number of amides is 1. The molecule has 5 heteroatoms. The Hall–Kier alpha value is -3.21. The van der Waals surface area contributed by atoms with Crippen LogP contribution in [-0.2, 0) is 0 Å². The second-order valence-electron chi connectivity index (χ2n) is 7.17. The summed E-state index contributed by atoms with van der Waals surface area (Å²) in [5.41, 5.74) is 6.30. The summed E-state index contributed by atoms with van der Waals surface area (Å²) in [5, 5.41) is 0. The first-order valence-electron chi connectivity index (χ1n) is 9.60. The Labute approximate surface area is 165 Å². The van der Waals surface area contributed by atoms with Gasteiger partial charge in [0.25, 0.3) is 5.91 Å². The number of carbonyl (C=O) groups is 1. The van der Waals surface area contributed by atoms with Gasteiger partial charge in [0.1, 0.15) is 0 Å². The molecule has 142 valence electrons. The lowest BCUT2D eigenvalue weighted by Gasteiger charge is -2.37. The van der Waals surface area contributed by atoms with Crippen LogP contribution in [0.15, 0.2) is 61.1 Å². The maximum atomic E-state index is 12.9. The Bertz CT molecular complexity index is 962. The Balaban J connectivity index is 1.42. The van der Waals surface area contributed by atoms with Crippen molar-refractivity contribution in [3.63, 3.8) is 0 Å². The molecular weight excluding hydrogens is 348 g/mol. The fourth-order valence-corrected chi connectivity index (χ4v) is 3.62. The monoisotopic (exact) mass is 372 g/mol. The van der Waals surface area contributed by atoms with E-state index in [4.69, 9.17) is 0 Å². The van der Waals surface area contributed by atoms with Gasteiger partial charge in [0.15, 0.2) is 0 Å². The molecule has 0 bridgehead atoms. The van der Waals surface area contributed by atoms with Crippen molar-refractivity contribution in [2.75, 3.05) is 31.1 Å². The van der Waals surface area contributed by atoms with E-state index in [2.05, 4.69) is 46.9 Å². The second-order valence-corrected chi connectivity index (χ2v) is 7.17. The molecule has 1 aliphatic heterocycles. The molecule has 3 aromatic rings. The van der Waals surface area contributed by atoms with Crippen LogP contribution >= 0.6 is 0 Å². The summed E-state index contributed by atoms with van der Waals surface area (Å²) in [5.74, 6) is 0.0471. The quantitative estimate of drug-likeness (QED) is 0.703. The van der Waals surface area contributed by atoms with Crippen molar-refractivity contribution in [2.45, 2.75) is 13.8 Å². The number of aryl methyl sites for hydroxylation is 1. The van der Waals surface area contributed by atoms with Gasteiger partial charge in [-0.2, -0.15) is 0 Å². The molecule has 28 heavy (non-hydrogen) atoms. The number of hydrogen-bond donors (Lipinski definition) is 0. The van der Waals surface area contributed by atoms with Crippen molar-refractivity contribution in [2.24, 2.45) is 0 Å². The van der Waals surface area contributed by atoms with Crippen LogP contribution in [0, 0.1) is 13.8 Å². The second kappa shape index (κ2) is 7.80. The molecule has 5 nitrogen and oxygen atoms in total. The molecule has 3 heterocycles. The Morgan fingerprint density at radius 3 is 2.43 bits per heavy atom. The molecule has 1 aromatic carbocycles. The van der Waals surface area contributed by atoms with E-state index >= 15 is 0 Å². The molecule has 0 aliphatic carbocycles. The molecular formula is C23H24N4O. The zero-order chi connectivity index (χ0) is 19.5. The standard InChI is InChI=1S/C23H24N4O/c1-17-5-3-7-22(18(17)2)26-11-13-27(14-12-26)23(28)20-8-9-21(25-16-20)19-6-4-10-24-15-19/h3-10,15-16H,11-14H2,1-2H3. The molecule has 2 aromatic heterocycles. The van der Waals surface area contributed by atoms with Gasteiger partial charge in [-0.15, -0.1) is 0 Å². The summed E-state index contributed by atoms with van der Waals surface area (Å²) < 4.78 is 0. The van der Waals surface area contributed by atoms with E-state index in [1.165, 1.54) is 16.8 Å². The highest BCUT2D eigenvalue weighted by molar-refractivity contribution is 5.94. The van der Waals surface area contributed by atoms with Crippen molar-refractivity contribution < 1.29 is 4.79 Å². The van der Waals surface area contributed by atoms with Crippen molar-refractivity contribution in [1.82, 2.24) is 14.9 Å². The molecule has 1 amide bonds. The van der Waals surface area contributed by atoms with Crippen LogP contribution in [0.3, 0.4) is 0 Å². The van der Waals surface area contributed by atoms with E-state index in [0.29, 0.717) is 5.56 Å². The average molecular weight is 372 g/mol. The molecule has 0 atom stereocenters. The molecule has 0 saturated carbocycles. The van der Waals surface area contributed by atoms with E-state index < -0.39 is 0 Å². The van der Waals surface area contributed by atoms with E-state index in [9.17, 15) is 4.79 Å². The number of aromatic nitrogens is 2. The summed E-state index contributed by atoms with van der Waals surface area (Å²) in [6.07, 6.45) is 5.18. The number of hydrogen-bond acceptors (Lipinski definition) is 4. The summed E-state index contributed by atoms with van der Waals surface area (Å²) >= 11 is 0. The van der Waals surface area contributed by atoms with Gasteiger partial charge in [0, 0.05) is 56.0 Å². The number of rotatable bonds is 3. The SMILES string of the molecule is Cc1cccc(N2CCN(C(=O)c3ccc(-c4cccnc4)nc3)CC2)c1C. The smallest absolute Gasteiger partial charge is 0.255 e. The van der Waals surface area contributed by atoms with Gasteiger partial charge in [-0.1, -0.05) is 12.1 Å². The number of anilines is 1. The van der Waals surface area contributed by atoms with Crippen LogP contribution in [0.1, 0.15) is 21.5 Å². The molecule has 4 rings (SSSR count). The summed E-state index contributed by atoms with van der Waals surface area (Å²) in [4.78, 5) is 25.7. The third-order valence-corrected chi connectivity index (χ3v) is 5.45. The van der Waals surface area contributed by atoms with Gasteiger partial charge in [-0.05, 0) is 55.3 Å². The summed E-state index contributed by atoms with van der Waals surface area (Å²) in [6.45, 7) is 7.43. The van der Waals surface area contributed by atoms with Crippen LogP contribution in [0.4, 0.5) is 5.69 Å². The molecule has 0 spiro atoms. The molecule has 0 unspecified atom stereocenters. The van der Waals surface area contributed by atoms with Crippen LogP contribution in [-0.4, -0.2) is 47.0 Å². The van der Waals surface area contributed by atoms with Crippen molar-refractivity contribution in [1.29, 1.82) is 0 Å². The number of carbonyl (C=O) groups excluding carboxylic acids is 1. The maximum Gasteiger partial charge on any atom is 0.255 e. The lowest BCUT2D eigenvalue weighted by Crippen LogP contribution is -2.49. The zero-order valence-electron chi connectivity index (χ0n) is 16.3. The Morgan fingerprint density at radius 1 is 0.929 bits per heavy atom. The van der Waals surface area contributed by atoms with Gasteiger partial charge in [0.2, 0.25) is 0 Å². The fourth-order valence-electron chi connectivity index (χ4n) is 3.62. The van der Waals surface area contributed by atoms with Crippen LogP contribution in [0.5, 0.6) is 0 Å². The fraction of sp³-hybridized carbons (Fsp3) is 0.261. The minimum absolute atomic E-state index is 0.0471. The molecule has 1 fully saturated rings. The largest absolute Gasteiger partial charge is 0.368 e. The van der Waals surface area contributed by atoms with E-state index in [1.807, 2.05) is 29.2 Å². The third-order valence-electron chi connectivity index (χ3n) is 5.45. The van der Waals surface area contributed by atoms with Gasteiger partial charge >= 0.3 is 0 Å².